The van der Waals surface area contributed by atoms with Crippen molar-refractivity contribution in [2.45, 2.75) is 12.2 Å². The lowest BCUT2D eigenvalue weighted by molar-refractivity contribution is 0.111. The van der Waals surface area contributed by atoms with E-state index in [9.17, 15) is 19.8 Å². The SMILES string of the molecule is O=Cc1ccc(C(O)c2cccc(-c3cccc(C(O)c4ccc(C=O)cc4Br)c3)c2)c(Br)c1. The Kier molecular flexibility index (Phi) is 7.54. The minimum Gasteiger partial charge on any atom is -0.384 e. The van der Waals surface area contributed by atoms with Crippen molar-refractivity contribution in [2.24, 2.45) is 0 Å². The molecule has 6 heteroatoms. The molecule has 0 amide bonds. The predicted octanol–water partition coefficient (Wildman–Crippen LogP) is 6.67. The highest BCUT2D eigenvalue weighted by Gasteiger charge is 2.17. The highest BCUT2D eigenvalue weighted by molar-refractivity contribution is 9.10. The quantitative estimate of drug-likeness (QED) is 0.240. The van der Waals surface area contributed by atoms with Crippen LogP contribution in [0.1, 0.15) is 55.2 Å². The van der Waals surface area contributed by atoms with E-state index in [1.165, 1.54) is 0 Å². The van der Waals surface area contributed by atoms with Crippen molar-refractivity contribution < 1.29 is 19.8 Å². The van der Waals surface area contributed by atoms with E-state index >= 15 is 0 Å². The lowest BCUT2D eigenvalue weighted by Gasteiger charge is -2.17. The molecule has 0 aliphatic rings. The van der Waals surface area contributed by atoms with Gasteiger partial charge in [0.2, 0.25) is 0 Å². The van der Waals surface area contributed by atoms with Crippen molar-refractivity contribution in [3.63, 3.8) is 0 Å². The van der Waals surface area contributed by atoms with Crippen molar-refractivity contribution in [3.05, 3.63) is 127 Å². The van der Waals surface area contributed by atoms with E-state index in [4.69, 9.17) is 0 Å². The number of carbonyl (C=O) groups is 2. The molecule has 170 valence electrons. The Morgan fingerprint density at radius 2 is 1.00 bits per heavy atom. The summed E-state index contributed by atoms with van der Waals surface area (Å²) in [5.74, 6) is 0. The van der Waals surface area contributed by atoms with E-state index in [-0.39, 0.29) is 0 Å². The second kappa shape index (κ2) is 10.6. The Morgan fingerprint density at radius 3 is 1.35 bits per heavy atom. The first-order valence-corrected chi connectivity index (χ1v) is 12.1. The summed E-state index contributed by atoms with van der Waals surface area (Å²) in [6.07, 6.45) is -0.233. The maximum atomic E-state index is 11.0. The monoisotopic (exact) mass is 578 g/mol. The lowest BCUT2D eigenvalue weighted by atomic mass is 9.94. The van der Waals surface area contributed by atoms with Crippen molar-refractivity contribution in [1.82, 2.24) is 0 Å². The van der Waals surface area contributed by atoms with Gasteiger partial charge in [-0.2, -0.15) is 0 Å². The van der Waals surface area contributed by atoms with Crippen LogP contribution in [0.25, 0.3) is 11.1 Å². The van der Waals surface area contributed by atoms with E-state index < -0.39 is 12.2 Å². The van der Waals surface area contributed by atoms with Gasteiger partial charge >= 0.3 is 0 Å². The molecule has 0 aliphatic carbocycles. The molecule has 0 aromatic heterocycles. The van der Waals surface area contributed by atoms with Crippen molar-refractivity contribution >= 4 is 44.4 Å². The Labute approximate surface area is 214 Å². The zero-order chi connectivity index (χ0) is 24.2. The summed E-state index contributed by atoms with van der Waals surface area (Å²) in [7, 11) is 0. The number of hydrogen-bond acceptors (Lipinski definition) is 4. The van der Waals surface area contributed by atoms with E-state index in [0.29, 0.717) is 42.3 Å². The van der Waals surface area contributed by atoms with Gasteiger partial charge in [-0.1, -0.05) is 92.5 Å². The molecule has 0 aliphatic heterocycles. The van der Waals surface area contributed by atoms with Crippen LogP contribution in [0.2, 0.25) is 0 Å². The smallest absolute Gasteiger partial charge is 0.150 e. The Balaban J connectivity index is 1.65. The molecule has 4 rings (SSSR count). The molecular formula is C28H20Br2O4. The zero-order valence-electron chi connectivity index (χ0n) is 17.9. The first kappa shape index (κ1) is 24.2. The first-order chi connectivity index (χ1) is 16.4. The van der Waals surface area contributed by atoms with E-state index in [1.807, 2.05) is 48.5 Å². The molecule has 0 heterocycles. The average Bonchev–Trinajstić information content (AvgIpc) is 2.87. The van der Waals surface area contributed by atoms with Gasteiger partial charge in [-0.05, 0) is 57.6 Å². The minimum atomic E-state index is -0.879. The fourth-order valence-electron chi connectivity index (χ4n) is 3.81. The van der Waals surface area contributed by atoms with E-state index in [1.54, 1.807) is 36.4 Å². The topological polar surface area (TPSA) is 74.6 Å². The first-order valence-electron chi connectivity index (χ1n) is 10.5. The summed E-state index contributed by atoms with van der Waals surface area (Å²) in [5.41, 5.74) is 5.57. The second-order valence-electron chi connectivity index (χ2n) is 7.85. The third-order valence-corrected chi connectivity index (χ3v) is 7.02. The summed E-state index contributed by atoms with van der Waals surface area (Å²) in [5, 5.41) is 22.0. The molecule has 0 saturated carbocycles. The van der Waals surface area contributed by atoms with Gasteiger partial charge in [-0.15, -0.1) is 0 Å². The number of benzene rings is 4. The average molecular weight is 580 g/mol. The Morgan fingerprint density at radius 1 is 0.588 bits per heavy atom. The molecule has 2 N–H and O–H groups in total. The molecule has 2 atom stereocenters. The van der Waals surface area contributed by atoms with Crippen LogP contribution in [0.5, 0.6) is 0 Å². The number of hydrogen-bond donors (Lipinski definition) is 2. The fourth-order valence-corrected chi connectivity index (χ4v) is 5.04. The van der Waals surface area contributed by atoms with Gasteiger partial charge in [0.25, 0.3) is 0 Å². The summed E-state index contributed by atoms with van der Waals surface area (Å²) < 4.78 is 1.32. The number of aliphatic hydroxyl groups is 2. The number of aliphatic hydroxyl groups excluding tert-OH is 2. The van der Waals surface area contributed by atoms with Crippen LogP contribution in [0.15, 0.2) is 93.9 Å². The van der Waals surface area contributed by atoms with Crippen LogP contribution < -0.4 is 0 Å². The maximum absolute atomic E-state index is 11.0. The van der Waals surface area contributed by atoms with Crippen molar-refractivity contribution in [1.29, 1.82) is 0 Å². The summed E-state index contributed by atoms with van der Waals surface area (Å²) in [6.45, 7) is 0. The molecule has 0 spiro atoms. The maximum Gasteiger partial charge on any atom is 0.150 e. The van der Waals surface area contributed by atoms with Gasteiger partial charge in [0.05, 0.1) is 0 Å². The Bertz CT molecular complexity index is 1260. The second-order valence-corrected chi connectivity index (χ2v) is 9.56. The molecule has 0 radical (unpaired) electrons. The summed E-state index contributed by atoms with van der Waals surface area (Å²) >= 11 is 6.88. The third kappa shape index (κ3) is 5.10. The van der Waals surface area contributed by atoms with Gasteiger partial charge in [0.1, 0.15) is 24.8 Å². The molecular weight excluding hydrogens is 560 g/mol. The molecule has 34 heavy (non-hydrogen) atoms. The highest BCUT2D eigenvalue weighted by atomic mass is 79.9. The standard InChI is InChI=1S/C28H20Br2O4/c29-25-11-17(15-31)7-9-23(25)27(33)21-5-1-3-19(13-21)20-4-2-6-22(14-20)28(34)24-10-8-18(16-32)12-26(24)30/h1-16,27-28,33-34H. The van der Waals surface area contributed by atoms with Gasteiger partial charge in [0, 0.05) is 20.1 Å². The largest absolute Gasteiger partial charge is 0.384 e. The molecule has 4 aromatic rings. The molecule has 0 saturated heterocycles. The van der Waals surface area contributed by atoms with Crippen LogP contribution in [0, 0.1) is 0 Å². The molecule has 0 bridgehead atoms. The third-order valence-electron chi connectivity index (χ3n) is 5.65. The molecule has 4 nitrogen and oxygen atoms in total. The highest BCUT2D eigenvalue weighted by Crippen LogP contribution is 2.34. The fraction of sp³-hybridized carbons (Fsp3) is 0.0714. The Hall–Kier alpha value is -2.90. The van der Waals surface area contributed by atoms with Gasteiger partial charge in [0.15, 0.2) is 0 Å². The number of rotatable bonds is 7. The minimum absolute atomic E-state index is 0.527. The molecule has 4 aromatic carbocycles. The van der Waals surface area contributed by atoms with E-state index in [2.05, 4.69) is 31.9 Å². The van der Waals surface area contributed by atoms with Crippen LogP contribution in [-0.2, 0) is 0 Å². The van der Waals surface area contributed by atoms with Gasteiger partial charge < -0.3 is 10.2 Å². The molecule has 0 fully saturated rings. The van der Waals surface area contributed by atoms with Crippen LogP contribution >= 0.6 is 31.9 Å². The normalized spacial score (nSPS) is 12.7. The predicted molar refractivity (Wildman–Crippen MR) is 139 cm³/mol. The number of halogens is 2. The zero-order valence-corrected chi connectivity index (χ0v) is 21.0. The van der Waals surface area contributed by atoms with Crippen LogP contribution in [0.3, 0.4) is 0 Å². The summed E-state index contributed by atoms with van der Waals surface area (Å²) in [6, 6.07) is 25.3. The number of carbonyl (C=O) groups excluding carboxylic acids is 2. The van der Waals surface area contributed by atoms with Gasteiger partial charge in [-0.25, -0.2) is 0 Å². The lowest BCUT2D eigenvalue weighted by Crippen LogP contribution is -2.02. The van der Waals surface area contributed by atoms with Crippen molar-refractivity contribution in [2.75, 3.05) is 0 Å². The summed E-state index contributed by atoms with van der Waals surface area (Å²) in [4.78, 5) is 22.0. The van der Waals surface area contributed by atoms with Crippen LogP contribution in [-0.4, -0.2) is 22.8 Å². The number of aldehydes is 2. The molecule has 2 unspecified atom stereocenters. The van der Waals surface area contributed by atoms with Crippen molar-refractivity contribution in [3.8, 4) is 11.1 Å². The van der Waals surface area contributed by atoms with Crippen LogP contribution in [0.4, 0.5) is 0 Å². The van der Waals surface area contributed by atoms with E-state index in [0.717, 1.165) is 23.7 Å². The van der Waals surface area contributed by atoms with Gasteiger partial charge in [-0.3, -0.25) is 9.59 Å².